The Labute approximate surface area is 121 Å². The molecule has 2 heterocycles. The molecule has 2 aromatic heterocycles. The molecule has 0 amide bonds. The van der Waals surface area contributed by atoms with E-state index in [2.05, 4.69) is 21.3 Å². The van der Waals surface area contributed by atoms with Gasteiger partial charge in [0.05, 0.1) is 11.2 Å². The molecule has 0 radical (unpaired) electrons. The summed E-state index contributed by atoms with van der Waals surface area (Å²) in [5.74, 6) is 2.37. The third-order valence-corrected chi connectivity index (χ3v) is 2.97. The molecule has 0 spiro atoms. The highest BCUT2D eigenvalue weighted by Gasteiger charge is 2.09. The third kappa shape index (κ3) is 3.16. The van der Waals surface area contributed by atoms with Crippen molar-refractivity contribution in [2.75, 3.05) is 5.32 Å². The van der Waals surface area contributed by atoms with E-state index < -0.39 is 0 Å². The van der Waals surface area contributed by atoms with Gasteiger partial charge in [0.15, 0.2) is 0 Å². The van der Waals surface area contributed by atoms with Gasteiger partial charge in [-0.15, -0.1) is 6.42 Å². The minimum absolute atomic E-state index is 0.108. The molecule has 2 rings (SSSR count). The zero-order chi connectivity index (χ0) is 14.5. The number of rotatable bonds is 4. The SMILES string of the molecule is C#CCn1ncc(Cl)c(NCc2ccc(C)nc2)c1=O. The summed E-state index contributed by atoms with van der Waals surface area (Å²) >= 11 is 5.99. The number of anilines is 1. The van der Waals surface area contributed by atoms with Gasteiger partial charge in [-0.3, -0.25) is 9.78 Å². The molecule has 0 aliphatic rings. The van der Waals surface area contributed by atoms with Gasteiger partial charge in [0, 0.05) is 18.4 Å². The Balaban J connectivity index is 2.21. The van der Waals surface area contributed by atoms with Crippen LogP contribution in [0.2, 0.25) is 5.02 Å². The van der Waals surface area contributed by atoms with Crippen LogP contribution < -0.4 is 10.9 Å². The van der Waals surface area contributed by atoms with Gasteiger partial charge in [-0.1, -0.05) is 23.6 Å². The van der Waals surface area contributed by atoms with Gasteiger partial charge in [-0.25, -0.2) is 4.68 Å². The van der Waals surface area contributed by atoms with Gasteiger partial charge in [0.1, 0.15) is 12.2 Å². The molecular formula is C14H13ClN4O. The number of nitrogens with one attached hydrogen (secondary N) is 1. The Hall–Kier alpha value is -2.32. The number of hydrogen-bond donors (Lipinski definition) is 1. The van der Waals surface area contributed by atoms with E-state index in [0.29, 0.717) is 6.54 Å². The van der Waals surface area contributed by atoms with E-state index in [1.165, 1.54) is 10.9 Å². The molecule has 0 unspecified atom stereocenters. The molecule has 0 aromatic carbocycles. The van der Waals surface area contributed by atoms with Crippen LogP contribution in [0, 0.1) is 19.3 Å². The Kier molecular flexibility index (Phi) is 4.38. The van der Waals surface area contributed by atoms with Crippen LogP contribution in [-0.2, 0) is 13.1 Å². The Bertz CT molecular complexity index is 701. The molecule has 20 heavy (non-hydrogen) atoms. The maximum absolute atomic E-state index is 12.1. The first-order chi connectivity index (χ1) is 9.61. The van der Waals surface area contributed by atoms with Gasteiger partial charge in [0.2, 0.25) is 0 Å². The molecule has 5 nitrogen and oxygen atoms in total. The minimum Gasteiger partial charge on any atom is -0.375 e. The molecule has 0 fully saturated rings. The topological polar surface area (TPSA) is 59.8 Å². The van der Waals surface area contributed by atoms with Crippen LogP contribution in [0.1, 0.15) is 11.3 Å². The lowest BCUT2D eigenvalue weighted by Crippen LogP contribution is -2.25. The van der Waals surface area contributed by atoms with Crippen molar-refractivity contribution in [3.63, 3.8) is 0 Å². The monoisotopic (exact) mass is 288 g/mol. The van der Waals surface area contributed by atoms with Crippen LogP contribution in [0.4, 0.5) is 5.69 Å². The van der Waals surface area contributed by atoms with E-state index in [-0.39, 0.29) is 22.8 Å². The van der Waals surface area contributed by atoms with E-state index in [1.807, 2.05) is 19.1 Å². The number of aromatic nitrogens is 3. The molecule has 0 saturated heterocycles. The molecule has 0 bridgehead atoms. The predicted octanol–water partition coefficient (Wildman–Crippen LogP) is 1.85. The average molecular weight is 289 g/mol. The average Bonchev–Trinajstić information content (AvgIpc) is 2.44. The number of hydrogen-bond acceptors (Lipinski definition) is 4. The summed E-state index contributed by atoms with van der Waals surface area (Å²) in [6, 6.07) is 3.84. The van der Waals surface area contributed by atoms with Gasteiger partial charge < -0.3 is 5.32 Å². The van der Waals surface area contributed by atoms with Crippen molar-refractivity contribution in [2.24, 2.45) is 0 Å². The van der Waals surface area contributed by atoms with Gasteiger partial charge >= 0.3 is 0 Å². The quantitative estimate of drug-likeness (QED) is 0.872. The Morgan fingerprint density at radius 3 is 2.90 bits per heavy atom. The van der Waals surface area contributed by atoms with Crippen molar-refractivity contribution in [3.05, 3.63) is 51.2 Å². The maximum atomic E-state index is 12.1. The smallest absolute Gasteiger partial charge is 0.292 e. The number of pyridine rings is 1. The second kappa shape index (κ2) is 6.22. The second-order valence-corrected chi connectivity index (χ2v) is 4.60. The van der Waals surface area contributed by atoms with E-state index in [4.69, 9.17) is 18.0 Å². The molecule has 102 valence electrons. The van der Waals surface area contributed by atoms with Crippen molar-refractivity contribution in [1.82, 2.24) is 14.8 Å². The van der Waals surface area contributed by atoms with E-state index in [0.717, 1.165) is 11.3 Å². The van der Waals surface area contributed by atoms with Gasteiger partial charge in [-0.05, 0) is 18.6 Å². The summed E-state index contributed by atoms with van der Waals surface area (Å²) < 4.78 is 1.18. The molecule has 0 atom stereocenters. The standard InChI is InChI=1S/C14H13ClN4O/c1-3-6-19-14(20)13(12(15)9-18-19)17-8-11-5-4-10(2)16-7-11/h1,4-5,7,9,17H,6,8H2,2H3. The summed E-state index contributed by atoms with van der Waals surface area (Å²) in [6.07, 6.45) is 8.33. The minimum atomic E-state index is -0.337. The van der Waals surface area contributed by atoms with E-state index in [1.54, 1.807) is 6.20 Å². The lowest BCUT2D eigenvalue weighted by Gasteiger charge is -2.09. The zero-order valence-corrected chi connectivity index (χ0v) is 11.7. The Morgan fingerprint density at radius 2 is 2.25 bits per heavy atom. The van der Waals surface area contributed by atoms with Crippen LogP contribution in [0.25, 0.3) is 0 Å². The number of halogens is 1. The van der Waals surface area contributed by atoms with Crippen molar-refractivity contribution in [2.45, 2.75) is 20.0 Å². The zero-order valence-electron chi connectivity index (χ0n) is 10.9. The van der Waals surface area contributed by atoms with Crippen LogP contribution in [0.5, 0.6) is 0 Å². The summed E-state index contributed by atoms with van der Waals surface area (Å²) in [7, 11) is 0. The lowest BCUT2D eigenvalue weighted by atomic mass is 10.2. The summed E-state index contributed by atoms with van der Waals surface area (Å²) in [5, 5.41) is 7.14. The van der Waals surface area contributed by atoms with Crippen molar-refractivity contribution in [1.29, 1.82) is 0 Å². The highest BCUT2D eigenvalue weighted by atomic mass is 35.5. The molecule has 0 aliphatic carbocycles. The number of nitrogens with zero attached hydrogens (tertiary/aromatic N) is 3. The van der Waals surface area contributed by atoms with Gasteiger partial charge in [-0.2, -0.15) is 5.10 Å². The fraction of sp³-hybridized carbons (Fsp3) is 0.214. The highest BCUT2D eigenvalue weighted by Crippen LogP contribution is 2.16. The fourth-order valence-electron chi connectivity index (χ4n) is 1.62. The maximum Gasteiger partial charge on any atom is 0.292 e. The normalized spacial score (nSPS) is 10.1. The van der Waals surface area contributed by atoms with Crippen molar-refractivity contribution in [3.8, 4) is 12.3 Å². The molecule has 2 aromatic rings. The summed E-state index contributed by atoms with van der Waals surface area (Å²) in [4.78, 5) is 16.3. The summed E-state index contributed by atoms with van der Waals surface area (Å²) in [5.41, 5.74) is 1.84. The first-order valence-electron chi connectivity index (χ1n) is 5.96. The van der Waals surface area contributed by atoms with Crippen molar-refractivity contribution < 1.29 is 0 Å². The molecule has 6 heteroatoms. The van der Waals surface area contributed by atoms with Crippen LogP contribution in [-0.4, -0.2) is 14.8 Å². The third-order valence-electron chi connectivity index (χ3n) is 2.68. The number of aryl methyl sites for hydroxylation is 1. The summed E-state index contributed by atoms with van der Waals surface area (Å²) in [6.45, 7) is 2.47. The fourth-order valence-corrected chi connectivity index (χ4v) is 1.81. The van der Waals surface area contributed by atoms with Crippen molar-refractivity contribution >= 4 is 17.3 Å². The number of terminal acetylenes is 1. The van der Waals surface area contributed by atoms with E-state index >= 15 is 0 Å². The van der Waals surface area contributed by atoms with Gasteiger partial charge in [0.25, 0.3) is 5.56 Å². The lowest BCUT2D eigenvalue weighted by molar-refractivity contribution is 0.664. The van der Waals surface area contributed by atoms with Crippen LogP contribution in [0.15, 0.2) is 29.3 Å². The first-order valence-corrected chi connectivity index (χ1v) is 6.34. The Morgan fingerprint density at radius 1 is 1.45 bits per heavy atom. The second-order valence-electron chi connectivity index (χ2n) is 4.20. The largest absolute Gasteiger partial charge is 0.375 e. The molecule has 0 aliphatic heterocycles. The first kappa shape index (κ1) is 14.1. The molecular weight excluding hydrogens is 276 g/mol. The molecule has 1 N–H and O–H groups in total. The molecule has 0 saturated carbocycles. The van der Waals surface area contributed by atoms with E-state index in [9.17, 15) is 4.79 Å². The predicted molar refractivity (Wildman–Crippen MR) is 78.6 cm³/mol. The van der Waals surface area contributed by atoms with Crippen LogP contribution >= 0.6 is 11.6 Å². The van der Waals surface area contributed by atoms with Crippen LogP contribution in [0.3, 0.4) is 0 Å². The highest BCUT2D eigenvalue weighted by molar-refractivity contribution is 6.32.